The summed E-state index contributed by atoms with van der Waals surface area (Å²) < 4.78 is 40.0. The van der Waals surface area contributed by atoms with E-state index in [4.69, 9.17) is 0 Å². The van der Waals surface area contributed by atoms with Crippen molar-refractivity contribution in [2.75, 3.05) is 26.7 Å². The van der Waals surface area contributed by atoms with Gasteiger partial charge in [-0.05, 0) is 42.6 Å². The number of likely N-dealkylation sites (N-methyl/N-ethyl adjacent to an activating group) is 1. The number of hydrogen-bond acceptors (Lipinski definition) is 5. The van der Waals surface area contributed by atoms with Crippen molar-refractivity contribution in [2.24, 2.45) is 0 Å². The molecule has 0 bridgehead atoms. The molecule has 0 radical (unpaired) electrons. The summed E-state index contributed by atoms with van der Waals surface area (Å²) in [5.74, 6) is 0.533. The van der Waals surface area contributed by atoms with Crippen LogP contribution in [0.15, 0.2) is 24.3 Å². The number of nitrogens with zero attached hydrogens (tertiary/aromatic N) is 6. The second-order valence-corrected chi connectivity index (χ2v) is 6.12. The molecule has 0 amide bonds. The molecule has 9 heteroatoms. The lowest BCUT2D eigenvalue weighted by Crippen LogP contribution is -2.49. The van der Waals surface area contributed by atoms with Crippen LogP contribution in [0.2, 0.25) is 0 Å². The van der Waals surface area contributed by atoms with Crippen LogP contribution in [0.1, 0.15) is 18.3 Å². The maximum Gasteiger partial charge on any atom is 0.416 e. The van der Waals surface area contributed by atoms with Crippen LogP contribution in [0.3, 0.4) is 0 Å². The van der Waals surface area contributed by atoms with E-state index in [1.54, 1.807) is 6.07 Å². The first kappa shape index (κ1) is 16.8. The third-order valence-corrected chi connectivity index (χ3v) is 4.36. The third kappa shape index (κ3) is 3.57. The van der Waals surface area contributed by atoms with Crippen LogP contribution in [0.4, 0.5) is 13.2 Å². The van der Waals surface area contributed by atoms with Gasteiger partial charge in [-0.2, -0.15) is 17.9 Å². The predicted molar refractivity (Wildman–Crippen MR) is 81.5 cm³/mol. The van der Waals surface area contributed by atoms with Gasteiger partial charge < -0.3 is 4.90 Å². The SMILES string of the molecule is CC1CN(Cc2nnnn2-c2cccc(C(F)(F)F)c2)CCN1C. The van der Waals surface area contributed by atoms with Gasteiger partial charge in [-0.25, -0.2) is 0 Å². The first-order valence-corrected chi connectivity index (χ1v) is 7.72. The van der Waals surface area contributed by atoms with Crippen molar-refractivity contribution in [2.45, 2.75) is 25.7 Å². The molecule has 1 atom stereocenters. The van der Waals surface area contributed by atoms with Gasteiger partial charge in [0.1, 0.15) is 0 Å². The van der Waals surface area contributed by atoms with Crippen LogP contribution in [0, 0.1) is 0 Å². The number of tetrazole rings is 1. The van der Waals surface area contributed by atoms with E-state index >= 15 is 0 Å². The van der Waals surface area contributed by atoms with E-state index in [-0.39, 0.29) is 0 Å². The Balaban J connectivity index is 1.81. The fourth-order valence-electron chi connectivity index (χ4n) is 2.79. The molecule has 24 heavy (non-hydrogen) atoms. The minimum atomic E-state index is -4.39. The van der Waals surface area contributed by atoms with Gasteiger partial charge in [0.05, 0.1) is 17.8 Å². The number of benzene rings is 1. The molecule has 130 valence electrons. The van der Waals surface area contributed by atoms with Crippen molar-refractivity contribution < 1.29 is 13.2 Å². The summed E-state index contributed by atoms with van der Waals surface area (Å²) in [5, 5.41) is 11.5. The fraction of sp³-hybridized carbons (Fsp3) is 0.533. The van der Waals surface area contributed by atoms with Crippen LogP contribution >= 0.6 is 0 Å². The van der Waals surface area contributed by atoms with E-state index in [1.807, 2.05) is 0 Å². The first-order chi connectivity index (χ1) is 11.3. The number of aromatic nitrogens is 4. The summed E-state index contributed by atoms with van der Waals surface area (Å²) in [6.45, 7) is 5.32. The molecule has 0 N–H and O–H groups in total. The second-order valence-electron chi connectivity index (χ2n) is 6.12. The lowest BCUT2D eigenvalue weighted by molar-refractivity contribution is -0.137. The monoisotopic (exact) mass is 340 g/mol. The van der Waals surface area contributed by atoms with E-state index in [0.29, 0.717) is 24.1 Å². The molecule has 1 unspecified atom stereocenters. The van der Waals surface area contributed by atoms with Crippen molar-refractivity contribution in [3.05, 3.63) is 35.7 Å². The average molecular weight is 340 g/mol. The summed E-state index contributed by atoms with van der Waals surface area (Å²) in [5.41, 5.74) is -0.401. The minimum absolute atomic E-state index is 0.312. The molecule has 0 saturated carbocycles. The Morgan fingerprint density at radius 2 is 2.04 bits per heavy atom. The van der Waals surface area contributed by atoms with Crippen molar-refractivity contribution in [1.29, 1.82) is 0 Å². The average Bonchev–Trinajstić information content (AvgIpc) is 2.98. The Morgan fingerprint density at radius 1 is 1.25 bits per heavy atom. The largest absolute Gasteiger partial charge is 0.416 e. The Hall–Kier alpha value is -2.00. The van der Waals surface area contributed by atoms with Gasteiger partial charge in [-0.3, -0.25) is 4.90 Å². The van der Waals surface area contributed by atoms with E-state index in [1.165, 1.54) is 10.7 Å². The van der Waals surface area contributed by atoms with Gasteiger partial charge >= 0.3 is 6.18 Å². The second kappa shape index (κ2) is 6.48. The summed E-state index contributed by atoms with van der Waals surface area (Å²) >= 11 is 0. The number of halogens is 3. The zero-order chi connectivity index (χ0) is 17.3. The Morgan fingerprint density at radius 3 is 2.75 bits per heavy atom. The first-order valence-electron chi connectivity index (χ1n) is 7.72. The molecule has 3 rings (SSSR count). The third-order valence-electron chi connectivity index (χ3n) is 4.36. The molecule has 1 aromatic heterocycles. The Kier molecular flexibility index (Phi) is 4.55. The highest BCUT2D eigenvalue weighted by molar-refractivity contribution is 5.36. The quantitative estimate of drug-likeness (QED) is 0.853. The highest BCUT2D eigenvalue weighted by atomic mass is 19.4. The number of piperazine rings is 1. The fourth-order valence-corrected chi connectivity index (χ4v) is 2.79. The molecular formula is C15H19F3N6. The molecule has 2 aromatic rings. The molecule has 1 fully saturated rings. The zero-order valence-electron chi connectivity index (χ0n) is 13.5. The molecule has 1 aliphatic heterocycles. The standard InChI is InChI=1S/C15H19F3N6/c1-11-9-23(7-6-22(11)2)10-14-19-20-21-24(14)13-5-3-4-12(8-13)15(16,17)18/h3-5,8,11H,6-7,9-10H2,1-2H3. The summed E-state index contributed by atoms with van der Waals surface area (Å²) in [6.07, 6.45) is -4.39. The van der Waals surface area contributed by atoms with Crippen molar-refractivity contribution in [3.63, 3.8) is 0 Å². The summed E-state index contributed by atoms with van der Waals surface area (Å²) in [7, 11) is 2.08. The van der Waals surface area contributed by atoms with Crippen molar-refractivity contribution in [3.8, 4) is 5.69 Å². The molecule has 6 nitrogen and oxygen atoms in total. The highest BCUT2D eigenvalue weighted by Crippen LogP contribution is 2.30. The Bertz CT molecular complexity index is 699. The van der Waals surface area contributed by atoms with Gasteiger partial charge in [0.2, 0.25) is 0 Å². The van der Waals surface area contributed by atoms with Gasteiger partial charge in [-0.15, -0.1) is 5.10 Å². The molecule has 0 spiro atoms. The van der Waals surface area contributed by atoms with Gasteiger partial charge in [0, 0.05) is 25.7 Å². The summed E-state index contributed by atoms with van der Waals surface area (Å²) in [6, 6.07) is 5.45. The lowest BCUT2D eigenvalue weighted by atomic mass is 10.2. The van der Waals surface area contributed by atoms with Crippen LogP contribution in [0.5, 0.6) is 0 Å². The molecule has 1 aromatic carbocycles. The molecular weight excluding hydrogens is 321 g/mol. The van der Waals surface area contributed by atoms with Gasteiger partial charge in [0.15, 0.2) is 5.82 Å². The smallest absolute Gasteiger partial charge is 0.301 e. The predicted octanol–water partition coefficient (Wildman–Crippen LogP) is 1.82. The van der Waals surface area contributed by atoms with Gasteiger partial charge in [-0.1, -0.05) is 6.07 Å². The van der Waals surface area contributed by atoms with Crippen molar-refractivity contribution >= 4 is 0 Å². The molecule has 0 aliphatic carbocycles. The van der Waals surface area contributed by atoms with Crippen LogP contribution < -0.4 is 0 Å². The van der Waals surface area contributed by atoms with Crippen LogP contribution in [-0.4, -0.2) is 62.7 Å². The van der Waals surface area contributed by atoms with E-state index in [9.17, 15) is 13.2 Å². The molecule has 1 aliphatic rings. The summed E-state index contributed by atoms with van der Waals surface area (Å²) in [4.78, 5) is 4.48. The van der Waals surface area contributed by atoms with E-state index < -0.39 is 11.7 Å². The molecule has 1 saturated heterocycles. The van der Waals surface area contributed by atoms with Crippen LogP contribution in [-0.2, 0) is 12.7 Å². The molecule has 2 heterocycles. The topological polar surface area (TPSA) is 50.1 Å². The van der Waals surface area contributed by atoms with Gasteiger partial charge in [0.25, 0.3) is 0 Å². The number of hydrogen-bond donors (Lipinski definition) is 0. The van der Waals surface area contributed by atoms with E-state index in [2.05, 4.69) is 39.3 Å². The number of rotatable bonds is 3. The Labute approximate surface area is 137 Å². The zero-order valence-corrected chi connectivity index (χ0v) is 13.5. The van der Waals surface area contributed by atoms with Crippen molar-refractivity contribution in [1.82, 2.24) is 30.0 Å². The lowest BCUT2D eigenvalue weighted by Gasteiger charge is -2.37. The minimum Gasteiger partial charge on any atom is -0.301 e. The maximum atomic E-state index is 12.9. The maximum absolute atomic E-state index is 12.9. The normalized spacial score (nSPS) is 20.5. The highest BCUT2D eigenvalue weighted by Gasteiger charge is 2.31. The van der Waals surface area contributed by atoms with Crippen LogP contribution in [0.25, 0.3) is 5.69 Å². The number of alkyl halides is 3. The van der Waals surface area contributed by atoms with E-state index in [0.717, 1.165) is 31.8 Å².